The number of methoxy groups -OCH3 is 1. The van der Waals surface area contributed by atoms with Crippen molar-refractivity contribution in [2.24, 2.45) is 0 Å². The van der Waals surface area contributed by atoms with Gasteiger partial charge >= 0.3 is 0 Å². The number of aliphatic hydroxyl groups is 1. The smallest absolute Gasteiger partial charge is 0.137 e. The van der Waals surface area contributed by atoms with Gasteiger partial charge in [0.05, 0.1) is 21.2 Å². The number of para-hydroxylation sites is 1. The first-order chi connectivity index (χ1) is 12.6. The molecule has 0 spiro atoms. The highest BCUT2D eigenvalue weighted by molar-refractivity contribution is 5.33. The minimum atomic E-state index is -0.442. The molecule has 0 bridgehead atoms. The largest absolute Gasteiger partial charge is 1.00 e. The Hall–Kier alpha value is -1.75. The van der Waals surface area contributed by atoms with Crippen molar-refractivity contribution in [3.63, 3.8) is 0 Å². The monoisotopic (exact) mass is 393 g/mol. The summed E-state index contributed by atoms with van der Waals surface area (Å²) in [6.45, 7) is 1.03. The number of aryl methyl sites for hydroxylation is 2. The Kier molecular flexibility index (Phi) is 10.9. The van der Waals surface area contributed by atoms with Gasteiger partial charge in [0.2, 0.25) is 0 Å². The molecular weight excluding hydrogens is 362 g/mol. The summed E-state index contributed by atoms with van der Waals surface area (Å²) in [5, 5.41) is 9.99. The molecule has 2 aromatic carbocycles. The molecule has 0 radical (unpaired) electrons. The Balaban J connectivity index is 0.00000364. The van der Waals surface area contributed by atoms with E-state index < -0.39 is 6.10 Å². The molecule has 0 fully saturated rings. The first kappa shape index (κ1) is 23.3. The van der Waals surface area contributed by atoms with Crippen LogP contribution in [0.15, 0.2) is 48.5 Å². The van der Waals surface area contributed by atoms with Crippen LogP contribution in [-0.4, -0.2) is 45.6 Å². The van der Waals surface area contributed by atoms with E-state index in [0.29, 0.717) is 13.2 Å². The van der Waals surface area contributed by atoms with Gasteiger partial charge in [-0.25, -0.2) is 0 Å². The second-order valence-electron chi connectivity index (χ2n) is 7.04. The predicted octanol–water partition coefficient (Wildman–Crippen LogP) is -0.851. The SMILES string of the molecule is COc1ccc(CCCCc2ccccc2OCC(O)C[NH+](C)C)cc1.[Cl-]. The van der Waals surface area contributed by atoms with Crippen molar-refractivity contribution in [3.8, 4) is 11.5 Å². The number of likely N-dealkylation sites (N-methyl/N-ethyl adjacent to an activating group) is 1. The minimum Gasteiger partial charge on any atom is -1.00 e. The molecule has 5 heteroatoms. The summed E-state index contributed by atoms with van der Waals surface area (Å²) >= 11 is 0. The molecule has 27 heavy (non-hydrogen) atoms. The van der Waals surface area contributed by atoms with Gasteiger partial charge in [-0.3, -0.25) is 0 Å². The molecule has 0 saturated carbocycles. The number of unbranched alkanes of at least 4 members (excludes halogenated alkanes) is 1. The number of halogens is 1. The number of aliphatic hydroxyl groups excluding tert-OH is 1. The quantitative estimate of drug-likeness (QED) is 0.489. The van der Waals surface area contributed by atoms with E-state index in [4.69, 9.17) is 9.47 Å². The Morgan fingerprint density at radius 3 is 2.30 bits per heavy atom. The van der Waals surface area contributed by atoms with Gasteiger partial charge in [0.1, 0.15) is 30.8 Å². The van der Waals surface area contributed by atoms with Gasteiger partial charge in [0, 0.05) is 0 Å². The average molecular weight is 394 g/mol. The summed E-state index contributed by atoms with van der Waals surface area (Å²) in [4.78, 5) is 1.22. The Morgan fingerprint density at radius 1 is 0.963 bits per heavy atom. The van der Waals surface area contributed by atoms with Crippen LogP contribution in [-0.2, 0) is 12.8 Å². The number of rotatable bonds is 11. The fraction of sp³-hybridized carbons (Fsp3) is 0.455. The van der Waals surface area contributed by atoms with Crippen LogP contribution in [0.1, 0.15) is 24.0 Å². The normalized spacial score (nSPS) is 11.7. The zero-order valence-corrected chi connectivity index (χ0v) is 17.3. The fourth-order valence-corrected chi connectivity index (χ4v) is 3.00. The molecule has 4 nitrogen and oxygen atoms in total. The summed E-state index contributed by atoms with van der Waals surface area (Å²) in [5.74, 6) is 1.79. The van der Waals surface area contributed by atoms with Crippen molar-refractivity contribution in [1.82, 2.24) is 0 Å². The van der Waals surface area contributed by atoms with Crippen molar-refractivity contribution in [1.29, 1.82) is 0 Å². The molecule has 0 amide bonds. The van der Waals surface area contributed by atoms with Crippen LogP contribution in [0.25, 0.3) is 0 Å². The molecule has 2 rings (SSSR count). The first-order valence-electron chi connectivity index (χ1n) is 9.39. The highest BCUT2D eigenvalue weighted by Crippen LogP contribution is 2.21. The lowest BCUT2D eigenvalue weighted by atomic mass is 10.0. The van der Waals surface area contributed by atoms with Gasteiger partial charge in [-0.05, 0) is 55.0 Å². The van der Waals surface area contributed by atoms with Crippen LogP contribution >= 0.6 is 0 Å². The topological polar surface area (TPSA) is 43.1 Å². The maximum atomic E-state index is 9.99. The lowest BCUT2D eigenvalue weighted by Gasteiger charge is -2.16. The van der Waals surface area contributed by atoms with E-state index in [9.17, 15) is 5.11 Å². The first-order valence-corrected chi connectivity index (χ1v) is 9.39. The lowest BCUT2D eigenvalue weighted by Crippen LogP contribution is -3.07. The van der Waals surface area contributed by atoms with Crippen molar-refractivity contribution in [2.75, 3.05) is 34.4 Å². The molecule has 0 saturated heterocycles. The molecule has 1 atom stereocenters. The van der Waals surface area contributed by atoms with Gasteiger partial charge in [-0.15, -0.1) is 0 Å². The maximum Gasteiger partial charge on any atom is 0.137 e. The second-order valence-corrected chi connectivity index (χ2v) is 7.04. The third-order valence-electron chi connectivity index (χ3n) is 4.37. The minimum absolute atomic E-state index is 0. The Morgan fingerprint density at radius 2 is 1.63 bits per heavy atom. The van der Waals surface area contributed by atoms with Crippen LogP contribution in [0.4, 0.5) is 0 Å². The molecule has 0 heterocycles. The third-order valence-corrected chi connectivity index (χ3v) is 4.37. The number of hydrogen-bond donors (Lipinski definition) is 2. The van der Waals surface area contributed by atoms with Gasteiger partial charge < -0.3 is 31.9 Å². The molecular formula is C22H32ClNO3. The molecule has 150 valence electrons. The fourth-order valence-electron chi connectivity index (χ4n) is 3.00. The van der Waals surface area contributed by atoms with Crippen molar-refractivity contribution >= 4 is 0 Å². The van der Waals surface area contributed by atoms with E-state index in [-0.39, 0.29) is 12.4 Å². The zero-order valence-electron chi connectivity index (χ0n) is 16.6. The van der Waals surface area contributed by atoms with Gasteiger partial charge in [0.25, 0.3) is 0 Å². The Bertz CT molecular complexity index is 646. The van der Waals surface area contributed by atoms with Crippen molar-refractivity contribution in [2.45, 2.75) is 31.8 Å². The summed E-state index contributed by atoms with van der Waals surface area (Å²) in [7, 11) is 5.75. The molecule has 0 aliphatic rings. The zero-order chi connectivity index (χ0) is 18.8. The highest BCUT2D eigenvalue weighted by Gasteiger charge is 2.10. The summed E-state index contributed by atoms with van der Waals surface area (Å²) in [6, 6.07) is 16.4. The summed E-state index contributed by atoms with van der Waals surface area (Å²) in [6.07, 6.45) is 3.85. The number of benzene rings is 2. The molecule has 1 unspecified atom stereocenters. The van der Waals surface area contributed by atoms with Crippen LogP contribution in [0.3, 0.4) is 0 Å². The average Bonchev–Trinajstić information content (AvgIpc) is 2.64. The molecule has 2 aromatic rings. The highest BCUT2D eigenvalue weighted by atomic mass is 35.5. The van der Waals surface area contributed by atoms with E-state index in [1.165, 1.54) is 16.0 Å². The van der Waals surface area contributed by atoms with E-state index in [1.807, 2.05) is 44.4 Å². The van der Waals surface area contributed by atoms with Gasteiger partial charge in [-0.2, -0.15) is 0 Å². The van der Waals surface area contributed by atoms with Crippen LogP contribution < -0.4 is 26.8 Å². The number of quaternary nitrogens is 1. The standard InChI is InChI=1S/C22H31NO3.ClH/c1-23(2)16-20(24)17-26-22-11-7-6-10-19(22)9-5-4-8-18-12-14-21(25-3)15-13-18;/h6-7,10-15,20,24H,4-5,8-9,16-17H2,1-3H3;1H. The van der Waals surface area contributed by atoms with Crippen LogP contribution in [0, 0.1) is 0 Å². The lowest BCUT2D eigenvalue weighted by molar-refractivity contribution is -0.861. The van der Waals surface area contributed by atoms with E-state index in [1.54, 1.807) is 7.11 Å². The Labute approximate surface area is 169 Å². The predicted molar refractivity (Wildman–Crippen MR) is 105 cm³/mol. The molecule has 0 aliphatic heterocycles. The van der Waals surface area contributed by atoms with Crippen molar-refractivity contribution in [3.05, 3.63) is 59.7 Å². The third kappa shape index (κ3) is 8.65. The van der Waals surface area contributed by atoms with Crippen LogP contribution in [0.2, 0.25) is 0 Å². The molecule has 0 aliphatic carbocycles. The van der Waals surface area contributed by atoms with E-state index in [0.717, 1.165) is 37.2 Å². The van der Waals surface area contributed by atoms with Crippen molar-refractivity contribution < 1.29 is 31.9 Å². The number of nitrogens with one attached hydrogen (secondary N) is 1. The molecule has 0 aromatic heterocycles. The maximum absolute atomic E-state index is 9.99. The molecule has 2 N–H and O–H groups in total. The number of ether oxygens (including phenoxy) is 2. The number of hydrogen-bond acceptors (Lipinski definition) is 3. The van der Waals surface area contributed by atoms with Gasteiger partial charge in [-0.1, -0.05) is 30.3 Å². The second kappa shape index (κ2) is 12.6. The van der Waals surface area contributed by atoms with E-state index >= 15 is 0 Å². The summed E-state index contributed by atoms with van der Waals surface area (Å²) in [5.41, 5.74) is 2.55. The van der Waals surface area contributed by atoms with Crippen LogP contribution in [0.5, 0.6) is 11.5 Å². The van der Waals surface area contributed by atoms with Gasteiger partial charge in [0.15, 0.2) is 0 Å². The van der Waals surface area contributed by atoms with E-state index in [2.05, 4.69) is 18.2 Å². The summed E-state index contributed by atoms with van der Waals surface area (Å²) < 4.78 is 11.1.